The third-order valence-electron chi connectivity index (χ3n) is 4.36. The van der Waals surface area contributed by atoms with Crippen LogP contribution in [0.3, 0.4) is 0 Å². The molecule has 1 N–H and O–H groups in total. The number of nitrogens with one attached hydrogen (secondary N) is 1. The number of urea groups is 1. The van der Waals surface area contributed by atoms with E-state index in [0.717, 1.165) is 23.4 Å². The van der Waals surface area contributed by atoms with E-state index in [9.17, 15) is 4.79 Å². The van der Waals surface area contributed by atoms with E-state index in [1.165, 1.54) is 5.56 Å². The maximum Gasteiger partial charge on any atom is 0.317 e. The summed E-state index contributed by atoms with van der Waals surface area (Å²) in [7, 11) is 5.88. The number of para-hydroxylation sites is 1. The van der Waals surface area contributed by atoms with Crippen LogP contribution < -0.4 is 5.32 Å². The van der Waals surface area contributed by atoms with Crippen LogP contribution in [0.25, 0.3) is 5.69 Å². The standard InChI is InChI=1S/C22H27N5O/c1-25(2)15-19-9-7-8-18(12-19)13-23-22(28)26(3)16-20-14-24-27(17-20)21-10-5-4-6-11-21/h4-12,14,17H,13,15-16H2,1-3H3,(H,23,28). The molecule has 146 valence electrons. The number of rotatable bonds is 7. The third kappa shape index (κ3) is 5.44. The quantitative estimate of drug-likeness (QED) is 0.688. The molecule has 0 unspecified atom stereocenters. The predicted octanol–water partition coefficient (Wildman–Crippen LogP) is 3.28. The summed E-state index contributed by atoms with van der Waals surface area (Å²) in [6.07, 6.45) is 3.74. The van der Waals surface area contributed by atoms with Gasteiger partial charge in [-0.2, -0.15) is 5.10 Å². The predicted molar refractivity (Wildman–Crippen MR) is 111 cm³/mol. The van der Waals surface area contributed by atoms with Crippen LogP contribution in [0.2, 0.25) is 0 Å². The molecule has 0 spiro atoms. The van der Waals surface area contributed by atoms with Gasteiger partial charge in [0.05, 0.1) is 18.4 Å². The van der Waals surface area contributed by atoms with Gasteiger partial charge in [-0.1, -0.05) is 42.5 Å². The summed E-state index contributed by atoms with van der Waals surface area (Å²) in [6, 6.07) is 18.1. The van der Waals surface area contributed by atoms with Gasteiger partial charge in [0.2, 0.25) is 0 Å². The van der Waals surface area contributed by atoms with E-state index < -0.39 is 0 Å². The van der Waals surface area contributed by atoms with Crippen molar-refractivity contribution < 1.29 is 4.79 Å². The molecule has 0 atom stereocenters. The lowest BCUT2D eigenvalue weighted by Crippen LogP contribution is -2.36. The van der Waals surface area contributed by atoms with Gasteiger partial charge in [-0.25, -0.2) is 9.48 Å². The van der Waals surface area contributed by atoms with Gasteiger partial charge < -0.3 is 15.1 Å². The van der Waals surface area contributed by atoms with Gasteiger partial charge in [0.1, 0.15) is 0 Å². The molecule has 6 heteroatoms. The molecule has 1 aromatic heterocycles. The molecule has 1 heterocycles. The summed E-state index contributed by atoms with van der Waals surface area (Å²) in [5, 5.41) is 7.36. The van der Waals surface area contributed by atoms with Crippen LogP contribution in [0.5, 0.6) is 0 Å². The lowest BCUT2D eigenvalue weighted by atomic mass is 10.1. The lowest BCUT2D eigenvalue weighted by Gasteiger charge is -2.17. The van der Waals surface area contributed by atoms with Crippen LogP contribution in [-0.4, -0.2) is 46.8 Å². The molecule has 3 rings (SSSR count). The van der Waals surface area contributed by atoms with E-state index in [-0.39, 0.29) is 6.03 Å². The van der Waals surface area contributed by atoms with Crippen molar-refractivity contribution in [3.8, 4) is 5.69 Å². The van der Waals surface area contributed by atoms with Gasteiger partial charge in [-0.05, 0) is 37.4 Å². The van der Waals surface area contributed by atoms with Crippen LogP contribution in [0, 0.1) is 0 Å². The van der Waals surface area contributed by atoms with Crippen LogP contribution >= 0.6 is 0 Å². The number of hydrogen-bond acceptors (Lipinski definition) is 3. The number of carbonyl (C=O) groups is 1. The molecule has 2 amide bonds. The summed E-state index contributed by atoms with van der Waals surface area (Å²) in [5.74, 6) is 0. The zero-order valence-electron chi connectivity index (χ0n) is 16.7. The van der Waals surface area contributed by atoms with Crippen LogP contribution in [-0.2, 0) is 19.6 Å². The van der Waals surface area contributed by atoms with Crippen LogP contribution in [0.1, 0.15) is 16.7 Å². The number of nitrogens with zero attached hydrogens (tertiary/aromatic N) is 4. The molecule has 0 radical (unpaired) electrons. The maximum absolute atomic E-state index is 12.4. The minimum absolute atomic E-state index is 0.106. The molecule has 3 aromatic rings. The Morgan fingerprint density at radius 1 is 0.964 bits per heavy atom. The first-order valence-corrected chi connectivity index (χ1v) is 9.32. The third-order valence-corrected chi connectivity index (χ3v) is 4.36. The number of amides is 2. The Hall–Kier alpha value is -3.12. The van der Waals surface area contributed by atoms with E-state index in [4.69, 9.17) is 0 Å². The van der Waals surface area contributed by atoms with Crippen molar-refractivity contribution in [3.05, 3.63) is 83.7 Å². The average molecular weight is 377 g/mol. The van der Waals surface area contributed by atoms with E-state index in [2.05, 4.69) is 27.4 Å². The number of benzene rings is 2. The number of hydrogen-bond donors (Lipinski definition) is 1. The van der Waals surface area contributed by atoms with Crippen molar-refractivity contribution in [2.24, 2.45) is 0 Å². The maximum atomic E-state index is 12.4. The molecule has 0 saturated carbocycles. The molecule has 28 heavy (non-hydrogen) atoms. The Kier molecular flexibility index (Phi) is 6.45. The van der Waals surface area contributed by atoms with Crippen molar-refractivity contribution in [2.75, 3.05) is 21.1 Å². The molecule has 0 aliphatic carbocycles. The second kappa shape index (κ2) is 9.19. The molecule has 6 nitrogen and oxygen atoms in total. The van der Waals surface area contributed by atoms with E-state index in [0.29, 0.717) is 13.1 Å². The highest BCUT2D eigenvalue weighted by Crippen LogP contribution is 2.10. The molecule has 2 aromatic carbocycles. The average Bonchev–Trinajstić information content (AvgIpc) is 3.15. The van der Waals surface area contributed by atoms with Gasteiger partial charge in [0, 0.05) is 31.9 Å². The van der Waals surface area contributed by atoms with Gasteiger partial charge in [0.15, 0.2) is 0 Å². The van der Waals surface area contributed by atoms with Gasteiger partial charge in [-0.3, -0.25) is 0 Å². The fourth-order valence-electron chi connectivity index (χ4n) is 3.03. The van der Waals surface area contributed by atoms with E-state index >= 15 is 0 Å². The minimum Gasteiger partial charge on any atom is -0.334 e. The first-order valence-electron chi connectivity index (χ1n) is 9.32. The lowest BCUT2D eigenvalue weighted by molar-refractivity contribution is 0.206. The first kappa shape index (κ1) is 19.6. The molecular weight excluding hydrogens is 350 g/mol. The Labute approximate surface area is 166 Å². The van der Waals surface area contributed by atoms with Crippen LogP contribution in [0.15, 0.2) is 67.0 Å². The Balaban J connectivity index is 1.53. The smallest absolute Gasteiger partial charge is 0.317 e. The molecule has 0 saturated heterocycles. The molecule has 0 aliphatic heterocycles. The monoisotopic (exact) mass is 377 g/mol. The summed E-state index contributed by atoms with van der Waals surface area (Å²) in [6.45, 7) is 1.89. The molecule has 0 aliphatic rings. The van der Waals surface area contributed by atoms with E-state index in [1.54, 1.807) is 18.1 Å². The minimum atomic E-state index is -0.106. The zero-order chi connectivity index (χ0) is 19.9. The molecular formula is C22H27N5O. The summed E-state index contributed by atoms with van der Waals surface area (Å²) in [4.78, 5) is 16.2. The Morgan fingerprint density at radius 3 is 2.46 bits per heavy atom. The highest BCUT2D eigenvalue weighted by Gasteiger charge is 2.10. The van der Waals surface area contributed by atoms with Crippen molar-refractivity contribution in [2.45, 2.75) is 19.6 Å². The zero-order valence-corrected chi connectivity index (χ0v) is 16.7. The van der Waals surface area contributed by atoms with Crippen molar-refractivity contribution in [1.29, 1.82) is 0 Å². The van der Waals surface area contributed by atoms with E-state index in [1.807, 2.05) is 67.4 Å². The van der Waals surface area contributed by atoms with Gasteiger partial charge in [0.25, 0.3) is 0 Å². The van der Waals surface area contributed by atoms with Crippen LogP contribution in [0.4, 0.5) is 4.79 Å². The van der Waals surface area contributed by atoms with Crippen molar-refractivity contribution >= 4 is 6.03 Å². The summed E-state index contributed by atoms with van der Waals surface area (Å²) in [5.41, 5.74) is 4.31. The second-order valence-corrected chi connectivity index (χ2v) is 7.20. The normalized spacial score (nSPS) is 10.9. The summed E-state index contributed by atoms with van der Waals surface area (Å²) < 4.78 is 1.82. The van der Waals surface area contributed by atoms with Gasteiger partial charge >= 0.3 is 6.03 Å². The van der Waals surface area contributed by atoms with Crippen molar-refractivity contribution in [1.82, 2.24) is 24.9 Å². The largest absolute Gasteiger partial charge is 0.334 e. The number of carbonyl (C=O) groups excluding carboxylic acids is 1. The topological polar surface area (TPSA) is 53.4 Å². The van der Waals surface area contributed by atoms with Gasteiger partial charge in [-0.15, -0.1) is 0 Å². The number of aromatic nitrogens is 2. The fourth-order valence-corrected chi connectivity index (χ4v) is 3.03. The molecule has 0 fully saturated rings. The fraction of sp³-hybridized carbons (Fsp3) is 0.273. The second-order valence-electron chi connectivity index (χ2n) is 7.20. The SMILES string of the molecule is CN(C)Cc1cccc(CNC(=O)N(C)Cc2cnn(-c3ccccc3)c2)c1. The first-order chi connectivity index (χ1) is 13.5. The Bertz CT molecular complexity index is 904. The highest BCUT2D eigenvalue weighted by atomic mass is 16.2. The molecule has 0 bridgehead atoms. The highest BCUT2D eigenvalue weighted by molar-refractivity contribution is 5.73. The van der Waals surface area contributed by atoms with Crippen molar-refractivity contribution in [3.63, 3.8) is 0 Å². The summed E-state index contributed by atoms with van der Waals surface area (Å²) >= 11 is 0. The Morgan fingerprint density at radius 2 is 1.71 bits per heavy atom.